The third kappa shape index (κ3) is 5.43. The van der Waals surface area contributed by atoms with E-state index >= 15 is 0 Å². The molecule has 1 amide bonds. The Morgan fingerprint density at radius 1 is 1.04 bits per heavy atom. The molecule has 5 nitrogen and oxygen atoms in total. The summed E-state index contributed by atoms with van der Waals surface area (Å²) < 4.78 is 0. The van der Waals surface area contributed by atoms with E-state index in [2.05, 4.69) is 53.0 Å². The van der Waals surface area contributed by atoms with Gasteiger partial charge in [0.05, 0.1) is 6.54 Å². The monoisotopic (exact) mass is 324 g/mol. The normalized spacial score (nSPS) is 11.0. The molecule has 0 aliphatic rings. The summed E-state index contributed by atoms with van der Waals surface area (Å²) in [6.07, 6.45) is 0. The molecular formula is C19H24N4O. The maximum atomic E-state index is 11.9. The number of guanidine groups is 1. The Bertz CT molecular complexity index is 711. The van der Waals surface area contributed by atoms with Crippen LogP contribution in [0, 0.1) is 13.8 Å². The molecule has 0 saturated heterocycles. The molecule has 0 aliphatic heterocycles. The number of rotatable bonds is 5. The van der Waals surface area contributed by atoms with Crippen LogP contribution in [0.5, 0.6) is 0 Å². The number of benzene rings is 2. The van der Waals surface area contributed by atoms with Gasteiger partial charge in [-0.15, -0.1) is 0 Å². The van der Waals surface area contributed by atoms with E-state index in [1.807, 2.05) is 30.3 Å². The summed E-state index contributed by atoms with van der Waals surface area (Å²) in [6.45, 7) is 4.98. The molecule has 126 valence electrons. The Balaban J connectivity index is 1.81. The molecule has 0 atom stereocenters. The molecule has 0 spiro atoms. The molecule has 0 radical (unpaired) electrons. The first-order valence-electron chi connectivity index (χ1n) is 7.94. The van der Waals surface area contributed by atoms with Gasteiger partial charge in [0.25, 0.3) is 0 Å². The van der Waals surface area contributed by atoms with Crippen molar-refractivity contribution < 1.29 is 4.79 Å². The van der Waals surface area contributed by atoms with Crippen molar-refractivity contribution in [3.8, 4) is 0 Å². The molecule has 0 aromatic heterocycles. The topological polar surface area (TPSA) is 65.5 Å². The molecule has 0 saturated carbocycles. The molecule has 0 bridgehead atoms. The molecule has 0 heterocycles. The van der Waals surface area contributed by atoms with E-state index in [1.54, 1.807) is 7.05 Å². The van der Waals surface area contributed by atoms with E-state index in [-0.39, 0.29) is 12.5 Å². The van der Waals surface area contributed by atoms with Crippen molar-refractivity contribution in [2.24, 2.45) is 4.99 Å². The minimum atomic E-state index is -0.115. The molecule has 5 heteroatoms. The lowest BCUT2D eigenvalue weighted by molar-refractivity contribution is -0.115. The van der Waals surface area contributed by atoms with Crippen LogP contribution in [0.1, 0.15) is 16.7 Å². The number of hydrogen-bond acceptors (Lipinski definition) is 2. The summed E-state index contributed by atoms with van der Waals surface area (Å²) >= 11 is 0. The van der Waals surface area contributed by atoms with E-state index in [0.29, 0.717) is 12.5 Å². The van der Waals surface area contributed by atoms with Gasteiger partial charge < -0.3 is 16.0 Å². The van der Waals surface area contributed by atoms with Crippen LogP contribution in [0.15, 0.2) is 53.5 Å². The number of aryl methyl sites for hydroxylation is 2. The van der Waals surface area contributed by atoms with Crippen molar-refractivity contribution in [1.29, 1.82) is 0 Å². The predicted molar refractivity (Wildman–Crippen MR) is 99.2 cm³/mol. The summed E-state index contributed by atoms with van der Waals surface area (Å²) in [5, 5.41) is 9.07. The lowest BCUT2D eigenvalue weighted by Gasteiger charge is -2.13. The highest BCUT2D eigenvalue weighted by atomic mass is 16.1. The van der Waals surface area contributed by atoms with Crippen LogP contribution < -0.4 is 16.0 Å². The number of amides is 1. The van der Waals surface area contributed by atoms with Gasteiger partial charge in [0.15, 0.2) is 5.96 Å². The van der Waals surface area contributed by atoms with Crippen molar-refractivity contribution in [2.75, 3.05) is 18.9 Å². The largest absolute Gasteiger partial charge is 0.352 e. The fourth-order valence-electron chi connectivity index (χ4n) is 2.33. The van der Waals surface area contributed by atoms with E-state index in [9.17, 15) is 4.79 Å². The molecule has 3 N–H and O–H groups in total. The van der Waals surface area contributed by atoms with Gasteiger partial charge in [0, 0.05) is 19.3 Å². The van der Waals surface area contributed by atoms with Crippen LogP contribution >= 0.6 is 0 Å². The van der Waals surface area contributed by atoms with E-state index in [4.69, 9.17) is 0 Å². The van der Waals surface area contributed by atoms with Gasteiger partial charge in [-0.05, 0) is 37.1 Å². The molecule has 2 aromatic carbocycles. The minimum absolute atomic E-state index is 0.115. The van der Waals surface area contributed by atoms with E-state index < -0.39 is 0 Å². The molecule has 24 heavy (non-hydrogen) atoms. The second-order valence-corrected chi connectivity index (χ2v) is 5.62. The number of aliphatic imine (C=N–C) groups is 1. The third-order valence-electron chi connectivity index (χ3n) is 3.64. The summed E-state index contributed by atoms with van der Waals surface area (Å²) in [7, 11) is 1.69. The van der Waals surface area contributed by atoms with Crippen molar-refractivity contribution >= 4 is 17.6 Å². The molecule has 2 aromatic rings. The Hall–Kier alpha value is -2.82. The zero-order chi connectivity index (χ0) is 17.4. The highest BCUT2D eigenvalue weighted by Gasteiger charge is 2.05. The summed E-state index contributed by atoms with van der Waals surface area (Å²) in [5.41, 5.74) is 4.47. The third-order valence-corrected chi connectivity index (χ3v) is 3.64. The Kier molecular flexibility index (Phi) is 6.37. The van der Waals surface area contributed by atoms with Crippen LogP contribution in [0.2, 0.25) is 0 Å². The second-order valence-electron chi connectivity index (χ2n) is 5.62. The maximum Gasteiger partial charge on any atom is 0.243 e. The maximum absolute atomic E-state index is 11.9. The summed E-state index contributed by atoms with van der Waals surface area (Å²) in [4.78, 5) is 16.1. The van der Waals surface area contributed by atoms with Crippen LogP contribution in [-0.4, -0.2) is 25.5 Å². The molecule has 0 unspecified atom stereocenters. The smallest absolute Gasteiger partial charge is 0.243 e. The highest BCUT2D eigenvalue weighted by Crippen LogP contribution is 2.10. The predicted octanol–water partition coefficient (Wildman–Crippen LogP) is 2.61. The number of para-hydroxylation sites is 1. The molecule has 2 rings (SSSR count). The number of carbonyl (C=O) groups is 1. The Morgan fingerprint density at radius 2 is 1.79 bits per heavy atom. The SMILES string of the molecule is CN=C(NCC(=O)Nc1ccccc1)NCc1ccc(C)cc1C. The molecule has 0 aliphatic carbocycles. The number of nitrogens with one attached hydrogen (secondary N) is 3. The molecular weight excluding hydrogens is 300 g/mol. The molecule has 0 fully saturated rings. The highest BCUT2D eigenvalue weighted by molar-refractivity contribution is 5.94. The Labute approximate surface area is 143 Å². The van der Waals surface area contributed by atoms with Gasteiger partial charge >= 0.3 is 0 Å². The first-order chi connectivity index (χ1) is 11.6. The Morgan fingerprint density at radius 3 is 2.46 bits per heavy atom. The van der Waals surface area contributed by atoms with Gasteiger partial charge in [-0.25, -0.2) is 0 Å². The van der Waals surface area contributed by atoms with Crippen LogP contribution in [-0.2, 0) is 11.3 Å². The average Bonchev–Trinajstić information content (AvgIpc) is 2.57. The van der Waals surface area contributed by atoms with Crippen molar-refractivity contribution in [2.45, 2.75) is 20.4 Å². The zero-order valence-electron chi connectivity index (χ0n) is 14.4. The van der Waals surface area contributed by atoms with Crippen molar-refractivity contribution in [1.82, 2.24) is 10.6 Å². The van der Waals surface area contributed by atoms with Gasteiger partial charge in [0.1, 0.15) is 0 Å². The van der Waals surface area contributed by atoms with E-state index in [1.165, 1.54) is 16.7 Å². The second kappa shape index (κ2) is 8.72. The fraction of sp³-hybridized carbons (Fsp3) is 0.263. The van der Waals surface area contributed by atoms with E-state index in [0.717, 1.165) is 5.69 Å². The first-order valence-corrected chi connectivity index (χ1v) is 7.94. The number of carbonyl (C=O) groups excluding carboxylic acids is 1. The van der Waals surface area contributed by atoms with Crippen LogP contribution in [0.25, 0.3) is 0 Å². The van der Waals surface area contributed by atoms with Gasteiger partial charge in [-0.3, -0.25) is 9.79 Å². The standard InChI is InChI=1S/C19H24N4O/c1-14-9-10-16(15(2)11-14)12-21-19(20-3)22-13-18(24)23-17-7-5-4-6-8-17/h4-11H,12-13H2,1-3H3,(H,23,24)(H2,20,21,22). The number of hydrogen-bond donors (Lipinski definition) is 3. The van der Waals surface area contributed by atoms with Gasteiger partial charge in [0.2, 0.25) is 5.91 Å². The fourth-order valence-corrected chi connectivity index (χ4v) is 2.33. The average molecular weight is 324 g/mol. The number of anilines is 1. The van der Waals surface area contributed by atoms with Crippen molar-refractivity contribution in [3.05, 3.63) is 65.2 Å². The zero-order valence-corrected chi connectivity index (χ0v) is 14.4. The lowest BCUT2D eigenvalue weighted by Crippen LogP contribution is -2.41. The van der Waals surface area contributed by atoms with Crippen LogP contribution in [0.4, 0.5) is 5.69 Å². The minimum Gasteiger partial charge on any atom is -0.352 e. The quantitative estimate of drug-likeness (QED) is 0.585. The van der Waals surface area contributed by atoms with Gasteiger partial charge in [-0.2, -0.15) is 0 Å². The first kappa shape index (κ1) is 17.5. The van der Waals surface area contributed by atoms with Crippen LogP contribution in [0.3, 0.4) is 0 Å². The summed E-state index contributed by atoms with van der Waals surface area (Å²) in [6, 6.07) is 15.7. The van der Waals surface area contributed by atoms with Crippen molar-refractivity contribution in [3.63, 3.8) is 0 Å². The van der Waals surface area contributed by atoms with Gasteiger partial charge in [-0.1, -0.05) is 42.0 Å². The summed E-state index contributed by atoms with van der Waals surface area (Å²) in [5.74, 6) is 0.480. The lowest BCUT2D eigenvalue weighted by atomic mass is 10.1. The number of nitrogens with zero attached hydrogens (tertiary/aromatic N) is 1.